The molecule has 2 heterocycles. The summed E-state index contributed by atoms with van der Waals surface area (Å²) in [5.74, 6) is 0.317. The van der Waals surface area contributed by atoms with Gasteiger partial charge in [-0.15, -0.1) is 11.3 Å². The molecule has 0 radical (unpaired) electrons. The van der Waals surface area contributed by atoms with E-state index in [1.165, 1.54) is 11.3 Å². The number of nitrogens with zero attached hydrogens (tertiary/aromatic N) is 1. The van der Waals surface area contributed by atoms with Crippen molar-refractivity contribution in [1.82, 2.24) is 4.31 Å². The summed E-state index contributed by atoms with van der Waals surface area (Å²) < 4.78 is 27.9. The van der Waals surface area contributed by atoms with E-state index in [0.717, 1.165) is 12.8 Å². The number of hydrogen-bond acceptors (Lipinski definition) is 4. The van der Waals surface area contributed by atoms with Crippen LogP contribution in [0.5, 0.6) is 0 Å². The Kier molecular flexibility index (Phi) is 4.48. The van der Waals surface area contributed by atoms with Crippen molar-refractivity contribution in [2.24, 2.45) is 11.7 Å². The molecular weight excluding hydrogens is 336 g/mol. The molecule has 1 saturated heterocycles. The number of hydrogen-bond donors (Lipinski definition) is 1. The summed E-state index contributed by atoms with van der Waals surface area (Å²) in [5, 5.41) is 1.78. The Balaban J connectivity index is 2.37. The van der Waals surface area contributed by atoms with Crippen LogP contribution in [-0.4, -0.2) is 31.9 Å². The van der Waals surface area contributed by atoms with E-state index in [9.17, 15) is 8.42 Å². The lowest BCUT2D eigenvalue weighted by molar-refractivity contribution is 0.193. The lowest BCUT2D eigenvalue weighted by atomic mass is 9.93. The van der Waals surface area contributed by atoms with E-state index in [0.29, 0.717) is 27.7 Å². The van der Waals surface area contributed by atoms with Gasteiger partial charge in [0.15, 0.2) is 0 Å². The Morgan fingerprint density at radius 3 is 2.89 bits per heavy atom. The molecule has 1 aromatic heterocycles. The van der Waals surface area contributed by atoms with Crippen molar-refractivity contribution in [3.8, 4) is 0 Å². The number of sulfonamides is 1. The highest BCUT2D eigenvalue weighted by atomic mass is 79.9. The van der Waals surface area contributed by atoms with E-state index in [1.54, 1.807) is 15.8 Å². The largest absolute Gasteiger partial charge is 0.329 e. The molecule has 0 saturated carbocycles. The molecule has 102 valence electrons. The van der Waals surface area contributed by atoms with Crippen LogP contribution in [0.3, 0.4) is 0 Å². The third kappa shape index (κ3) is 2.51. The molecule has 1 aliphatic heterocycles. The fourth-order valence-corrected chi connectivity index (χ4v) is 6.63. The van der Waals surface area contributed by atoms with Crippen LogP contribution in [0, 0.1) is 5.92 Å². The molecule has 1 aliphatic rings. The zero-order valence-corrected chi connectivity index (χ0v) is 13.4. The van der Waals surface area contributed by atoms with Crippen LogP contribution < -0.4 is 5.73 Å². The highest BCUT2D eigenvalue weighted by Crippen LogP contribution is 2.34. The van der Waals surface area contributed by atoms with Gasteiger partial charge in [-0.25, -0.2) is 8.42 Å². The van der Waals surface area contributed by atoms with E-state index in [1.807, 2.05) is 0 Å². The molecule has 0 bridgehead atoms. The van der Waals surface area contributed by atoms with Gasteiger partial charge in [-0.05, 0) is 46.1 Å². The normalized spacial score (nSPS) is 26.4. The summed E-state index contributed by atoms with van der Waals surface area (Å²) in [4.78, 5) is 0. The first-order valence-corrected chi connectivity index (χ1v) is 9.04. The zero-order chi connectivity index (χ0) is 13.3. The molecular formula is C11H17BrN2O2S2. The summed E-state index contributed by atoms with van der Waals surface area (Å²) >= 11 is 4.55. The van der Waals surface area contributed by atoms with E-state index in [2.05, 4.69) is 22.9 Å². The Morgan fingerprint density at radius 1 is 1.61 bits per heavy atom. The molecule has 2 N–H and O–H groups in total. The fraction of sp³-hybridized carbons (Fsp3) is 0.636. The van der Waals surface area contributed by atoms with Gasteiger partial charge >= 0.3 is 0 Å². The maximum atomic E-state index is 12.6. The minimum Gasteiger partial charge on any atom is -0.329 e. The highest BCUT2D eigenvalue weighted by molar-refractivity contribution is 9.10. The first-order chi connectivity index (χ1) is 8.48. The van der Waals surface area contributed by atoms with Gasteiger partial charge in [-0.3, -0.25) is 0 Å². The molecule has 4 nitrogen and oxygen atoms in total. The standard InChI is InChI=1S/C11H17BrN2O2S2/c1-8-3-2-5-14(10(8)7-13)18(15,16)11-9(12)4-6-17-11/h4,6,8,10H,2-3,5,7,13H2,1H3/t8-,10+/m1/s1. The van der Waals surface area contributed by atoms with Crippen LogP contribution >= 0.6 is 27.3 Å². The summed E-state index contributed by atoms with van der Waals surface area (Å²) in [5.41, 5.74) is 5.76. The van der Waals surface area contributed by atoms with Crippen molar-refractivity contribution in [2.45, 2.75) is 30.0 Å². The molecule has 0 aliphatic carbocycles. The SMILES string of the molecule is C[C@@H]1CCCN(S(=O)(=O)c2sccc2Br)[C@H]1CN. The molecule has 1 aromatic rings. The molecule has 7 heteroatoms. The van der Waals surface area contributed by atoms with E-state index in [4.69, 9.17) is 5.73 Å². The van der Waals surface area contributed by atoms with Gasteiger partial charge < -0.3 is 5.73 Å². The van der Waals surface area contributed by atoms with Gasteiger partial charge in [0.05, 0.1) is 0 Å². The highest BCUT2D eigenvalue weighted by Gasteiger charge is 2.37. The molecule has 2 atom stereocenters. The number of nitrogens with two attached hydrogens (primary N) is 1. The van der Waals surface area contributed by atoms with Gasteiger partial charge in [0.2, 0.25) is 0 Å². The van der Waals surface area contributed by atoms with Crippen molar-refractivity contribution in [2.75, 3.05) is 13.1 Å². The first-order valence-electron chi connectivity index (χ1n) is 5.93. The molecule has 2 rings (SSSR count). The Hall–Kier alpha value is 0.0500. The number of halogens is 1. The minimum absolute atomic E-state index is 0.0854. The summed E-state index contributed by atoms with van der Waals surface area (Å²) in [6, 6.07) is 1.68. The van der Waals surface area contributed by atoms with Crippen molar-refractivity contribution < 1.29 is 8.42 Å². The number of piperidine rings is 1. The van der Waals surface area contributed by atoms with Gasteiger partial charge in [0, 0.05) is 23.6 Å². The lowest BCUT2D eigenvalue weighted by Gasteiger charge is -2.38. The van der Waals surface area contributed by atoms with Crippen LogP contribution in [0.1, 0.15) is 19.8 Å². The first kappa shape index (κ1) is 14.5. The van der Waals surface area contributed by atoms with Crippen molar-refractivity contribution >= 4 is 37.3 Å². The predicted molar refractivity (Wildman–Crippen MR) is 77.2 cm³/mol. The average molecular weight is 353 g/mol. The smallest absolute Gasteiger partial charge is 0.254 e. The fourth-order valence-electron chi connectivity index (χ4n) is 2.43. The summed E-state index contributed by atoms with van der Waals surface area (Å²) in [7, 11) is -3.42. The topological polar surface area (TPSA) is 63.4 Å². The number of thiophene rings is 1. The van der Waals surface area contributed by atoms with Crippen LogP contribution in [0.2, 0.25) is 0 Å². The Morgan fingerprint density at radius 2 is 2.33 bits per heavy atom. The van der Waals surface area contributed by atoms with Gasteiger partial charge in [-0.1, -0.05) is 6.92 Å². The number of rotatable bonds is 3. The van der Waals surface area contributed by atoms with E-state index < -0.39 is 10.0 Å². The monoisotopic (exact) mass is 352 g/mol. The molecule has 0 aromatic carbocycles. The summed E-state index contributed by atoms with van der Waals surface area (Å²) in [6.07, 6.45) is 1.94. The average Bonchev–Trinajstić information content (AvgIpc) is 2.75. The van der Waals surface area contributed by atoms with Crippen LogP contribution in [0.15, 0.2) is 20.1 Å². The Labute approximate surface area is 120 Å². The van der Waals surface area contributed by atoms with Crippen LogP contribution in [0.25, 0.3) is 0 Å². The predicted octanol–water partition coefficient (Wildman–Crippen LogP) is 2.26. The zero-order valence-electron chi connectivity index (χ0n) is 10.2. The van der Waals surface area contributed by atoms with Gasteiger partial charge in [-0.2, -0.15) is 4.31 Å². The van der Waals surface area contributed by atoms with Gasteiger partial charge in [0.25, 0.3) is 10.0 Å². The van der Waals surface area contributed by atoms with Crippen LogP contribution in [-0.2, 0) is 10.0 Å². The van der Waals surface area contributed by atoms with Crippen molar-refractivity contribution in [3.05, 3.63) is 15.9 Å². The van der Waals surface area contributed by atoms with Crippen molar-refractivity contribution in [3.63, 3.8) is 0 Å². The lowest BCUT2D eigenvalue weighted by Crippen LogP contribution is -2.51. The second-order valence-electron chi connectivity index (χ2n) is 4.59. The maximum Gasteiger partial charge on any atom is 0.254 e. The molecule has 1 fully saturated rings. The van der Waals surface area contributed by atoms with E-state index >= 15 is 0 Å². The molecule has 0 spiro atoms. The molecule has 0 amide bonds. The second-order valence-corrected chi connectivity index (χ2v) is 8.45. The Bertz CT molecular complexity index is 515. The van der Waals surface area contributed by atoms with Crippen molar-refractivity contribution in [1.29, 1.82) is 0 Å². The van der Waals surface area contributed by atoms with E-state index in [-0.39, 0.29) is 6.04 Å². The summed E-state index contributed by atoms with van der Waals surface area (Å²) in [6.45, 7) is 3.02. The van der Waals surface area contributed by atoms with Crippen LogP contribution in [0.4, 0.5) is 0 Å². The third-order valence-corrected chi connectivity index (χ3v) is 8.01. The van der Waals surface area contributed by atoms with Gasteiger partial charge in [0.1, 0.15) is 4.21 Å². The molecule has 18 heavy (non-hydrogen) atoms. The quantitative estimate of drug-likeness (QED) is 0.907. The second kappa shape index (κ2) is 5.58. The third-order valence-electron chi connectivity index (χ3n) is 3.43. The molecule has 0 unspecified atom stereocenters. The maximum absolute atomic E-state index is 12.6. The minimum atomic E-state index is -3.42.